The van der Waals surface area contributed by atoms with Crippen LogP contribution in [0, 0.1) is 6.92 Å². The summed E-state index contributed by atoms with van der Waals surface area (Å²) in [7, 11) is 0. The Morgan fingerprint density at radius 1 is 1.27 bits per heavy atom. The second-order valence-corrected chi connectivity index (χ2v) is 3.69. The van der Waals surface area contributed by atoms with Crippen molar-refractivity contribution in [1.82, 2.24) is 0 Å². The lowest BCUT2D eigenvalue weighted by molar-refractivity contribution is -0.274. The number of halogens is 3. The summed E-state index contributed by atoms with van der Waals surface area (Å²) in [4.78, 5) is 0. The van der Waals surface area contributed by atoms with E-state index in [1.807, 2.05) is 0 Å². The van der Waals surface area contributed by atoms with Crippen LogP contribution in [0.4, 0.5) is 13.2 Å². The first kappa shape index (κ1) is 10.3. The lowest BCUT2D eigenvalue weighted by atomic mass is 10.1. The van der Waals surface area contributed by atoms with Crippen molar-refractivity contribution in [3.63, 3.8) is 0 Å². The molecule has 2 rings (SSSR count). The predicted molar refractivity (Wildman–Crippen MR) is 49.6 cm³/mol. The normalized spacial score (nSPS) is 16.5. The minimum absolute atomic E-state index is 0.0857. The molecule has 0 bridgehead atoms. The minimum Gasteiger partial charge on any atom is -0.405 e. The molecule has 1 aliphatic carbocycles. The molecule has 0 N–H and O–H groups in total. The molecule has 0 atom stereocenters. The van der Waals surface area contributed by atoms with Gasteiger partial charge < -0.3 is 4.74 Å². The maximum atomic E-state index is 12.1. The Bertz CT molecular complexity index is 367. The fraction of sp³-hybridized carbons (Fsp3) is 0.364. The van der Waals surface area contributed by atoms with Crippen LogP contribution in [0.25, 0.3) is 0 Å². The van der Waals surface area contributed by atoms with Gasteiger partial charge in [0.15, 0.2) is 0 Å². The van der Waals surface area contributed by atoms with E-state index in [-0.39, 0.29) is 11.7 Å². The van der Waals surface area contributed by atoms with Crippen LogP contribution < -0.4 is 4.74 Å². The van der Waals surface area contributed by atoms with Crippen LogP contribution in [-0.2, 0) is 0 Å². The van der Waals surface area contributed by atoms with Crippen molar-refractivity contribution in [2.75, 3.05) is 0 Å². The zero-order valence-corrected chi connectivity index (χ0v) is 7.97. The number of rotatable bonds is 2. The van der Waals surface area contributed by atoms with Gasteiger partial charge in [0.25, 0.3) is 0 Å². The van der Waals surface area contributed by atoms with E-state index in [0.717, 1.165) is 12.8 Å². The Hall–Kier alpha value is -1.19. The second-order valence-electron chi connectivity index (χ2n) is 3.69. The Balaban J connectivity index is 2.29. The van der Waals surface area contributed by atoms with Gasteiger partial charge in [-0.1, -0.05) is 12.1 Å². The maximum Gasteiger partial charge on any atom is 0.573 e. The number of alkyl halides is 3. The van der Waals surface area contributed by atoms with Gasteiger partial charge in [0.05, 0.1) is 0 Å². The summed E-state index contributed by atoms with van der Waals surface area (Å²) in [5.74, 6) is 0.126. The fourth-order valence-corrected chi connectivity index (χ4v) is 1.53. The first-order valence-corrected chi connectivity index (χ1v) is 4.67. The fourth-order valence-electron chi connectivity index (χ4n) is 1.53. The van der Waals surface area contributed by atoms with E-state index in [9.17, 15) is 13.2 Å². The second kappa shape index (κ2) is 3.43. The van der Waals surface area contributed by atoms with Gasteiger partial charge in [-0.15, -0.1) is 13.2 Å². The third-order valence-corrected chi connectivity index (χ3v) is 2.32. The maximum absolute atomic E-state index is 12.1. The van der Waals surface area contributed by atoms with Gasteiger partial charge in [-0.3, -0.25) is 0 Å². The monoisotopic (exact) mass is 215 g/mol. The van der Waals surface area contributed by atoms with Gasteiger partial charge in [0.1, 0.15) is 5.75 Å². The van der Waals surface area contributed by atoms with Crippen LogP contribution in [-0.4, -0.2) is 6.36 Å². The van der Waals surface area contributed by atoms with Gasteiger partial charge in [-0.25, -0.2) is 0 Å². The molecule has 0 aliphatic heterocycles. The van der Waals surface area contributed by atoms with E-state index in [2.05, 4.69) is 11.7 Å². The quantitative estimate of drug-likeness (QED) is 0.731. The number of benzene rings is 1. The molecule has 0 heterocycles. The van der Waals surface area contributed by atoms with Crippen molar-refractivity contribution >= 4 is 0 Å². The Morgan fingerprint density at radius 3 is 2.47 bits per heavy atom. The van der Waals surface area contributed by atoms with Gasteiger partial charge in [-0.05, 0) is 42.9 Å². The average Bonchev–Trinajstić information content (AvgIpc) is 2.88. The van der Waals surface area contributed by atoms with E-state index in [0.29, 0.717) is 11.1 Å². The van der Waals surface area contributed by atoms with Crippen molar-refractivity contribution in [2.24, 2.45) is 0 Å². The summed E-state index contributed by atoms with van der Waals surface area (Å²) in [5.41, 5.74) is 1.34. The third kappa shape index (κ3) is 2.64. The van der Waals surface area contributed by atoms with Crippen LogP contribution in [0.15, 0.2) is 18.2 Å². The average molecular weight is 215 g/mol. The van der Waals surface area contributed by atoms with Gasteiger partial charge in [0.2, 0.25) is 0 Å². The van der Waals surface area contributed by atoms with E-state index in [1.54, 1.807) is 6.07 Å². The van der Waals surface area contributed by atoms with Crippen LogP contribution in [0.1, 0.15) is 29.9 Å². The van der Waals surface area contributed by atoms with Crippen molar-refractivity contribution in [3.8, 4) is 5.75 Å². The molecule has 0 spiro atoms. The summed E-state index contributed by atoms with van der Waals surface area (Å²) < 4.78 is 40.2. The molecule has 1 radical (unpaired) electrons. The molecule has 4 heteroatoms. The molecule has 1 aliphatic rings. The van der Waals surface area contributed by atoms with Crippen LogP contribution in [0.5, 0.6) is 5.75 Å². The molecule has 1 aromatic carbocycles. The minimum atomic E-state index is -4.62. The van der Waals surface area contributed by atoms with E-state index < -0.39 is 6.36 Å². The van der Waals surface area contributed by atoms with Crippen LogP contribution >= 0.6 is 0 Å². The summed E-state index contributed by atoms with van der Waals surface area (Å²) >= 11 is 0. The Labute approximate surface area is 85.9 Å². The molecule has 1 aromatic rings. The molecule has 1 saturated carbocycles. The van der Waals surface area contributed by atoms with Gasteiger partial charge >= 0.3 is 6.36 Å². The van der Waals surface area contributed by atoms with Crippen molar-refractivity contribution in [2.45, 2.75) is 25.1 Å². The summed E-state index contributed by atoms with van der Waals surface area (Å²) in [6.07, 6.45) is -2.76. The molecule has 0 amide bonds. The molecule has 1 nitrogen and oxygen atoms in total. The first-order valence-electron chi connectivity index (χ1n) is 4.67. The zero-order chi connectivity index (χ0) is 11.1. The first-order chi connectivity index (χ1) is 6.96. The van der Waals surface area contributed by atoms with Crippen molar-refractivity contribution < 1.29 is 17.9 Å². The van der Waals surface area contributed by atoms with Crippen molar-refractivity contribution in [1.29, 1.82) is 0 Å². The molecule has 1 fully saturated rings. The molecule has 0 aromatic heterocycles. The highest BCUT2D eigenvalue weighted by molar-refractivity contribution is 5.42. The molecular weight excluding hydrogens is 205 g/mol. The molecular formula is C11H10F3O. The molecule has 15 heavy (non-hydrogen) atoms. The van der Waals surface area contributed by atoms with E-state index in [1.165, 1.54) is 12.1 Å². The predicted octanol–water partition coefficient (Wildman–Crippen LogP) is 3.64. The SMILES string of the molecule is [CH2]c1ccc(OC(F)(F)F)c(C2CC2)c1. The Kier molecular flexibility index (Phi) is 2.37. The van der Waals surface area contributed by atoms with Crippen molar-refractivity contribution in [3.05, 3.63) is 36.2 Å². The molecule has 81 valence electrons. The standard InChI is InChI=1S/C11H10F3O/c1-7-2-5-10(15-11(12,13)14)9(6-7)8-3-4-8/h2,5-6,8H,1,3-4H2. The molecule has 0 saturated heterocycles. The zero-order valence-electron chi connectivity index (χ0n) is 7.97. The van der Waals surface area contributed by atoms with E-state index >= 15 is 0 Å². The number of hydrogen-bond acceptors (Lipinski definition) is 1. The lowest BCUT2D eigenvalue weighted by Crippen LogP contribution is -2.18. The summed E-state index contributed by atoms with van der Waals surface area (Å²) in [5, 5.41) is 0. The van der Waals surface area contributed by atoms with Gasteiger partial charge in [-0.2, -0.15) is 0 Å². The smallest absolute Gasteiger partial charge is 0.405 e. The third-order valence-electron chi connectivity index (χ3n) is 2.32. The summed E-state index contributed by atoms with van der Waals surface area (Å²) in [6.45, 7) is 3.69. The Morgan fingerprint density at radius 2 is 1.93 bits per heavy atom. The largest absolute Gasteiger partial charge is 0.573 e. The van der Waals surface area contributed by atoms with Gasteiger partial charge in [0, 0.05) is 0 Å². The number of ether oxygens (including phenoxy) is 1. The topological polar surface area (TPSA) is 9.23 Å². The molecule has 0 unspecified atom stereocenters. The van der Waals surface area contributed by atoms with E-state index in [4.69, 9.17) is 0 Å². The van der Waals surface area contributed by atoms with Crippen LogP contribution in [0.2, 0.25) is 0 Å². The van der Waals surface area contributed by atoms with Crippen LogP contribution in [0.3, 0.4) is 0 Å². The highest BCUT2D eigenvalue weighted by Gasteiger charge is 2.34. The highest BCUT2D eigenvalue weighted by atomic mass is 19.4. The number of hydrogen-bond donors (Lipinski definition) is 0. The summed E-state index contributed by atoms with van der Waals surface area (Å²) in [6, 6.07) is 4.52. The highest BCUT2D eigenvalue weighted by Crippen LogP contribution is 2.45. The lowest BCUT2D eigenvalue weighted by Gasteiger charge is -2.13.